The summed E-state index contributed by atoms with van der Waals surface area (Å²) in [5.41, 5.74) is 6.37. The van der Waals surface area contributed by atoms with Gasteiger partial charge in [-0.1, -0.05) is 30.3 Å². The smallest absolute Gasteiger partial charge is 0.317 e. The fourth-order valence-corrected chi connectivity index (χ4v) is 1.66. The highest BCUT2D eigenvalue weighted by atomic mass is 16.5. The van der Waals surface area contributed by atoms with Gasteiger partial charge in [0.05, 0.1) is 12.4 Å². The molecule has 6 heteroatoms. The number of nitrogens with zero attached hydrogens (tertiary/aromatic N) is 1. The number of benzene rings is 1. The van der Waals surface area contributed by atoms with Crippen LogP contribution in [-0.4, -0.2) is 43.6 Å². The number of ether oxygens (including phenoxy) is 1. The van der Waals surface area contributed by atoms with Crippen molar-refractivity contribution in [3.8, 4) is 0 Å². The molecule has 0 aliphatic carbocycles. The molecule has 110 valence electrons. The van der Waals surface area contributed by atoms with Crippen LogP contribution in [0, 0.1) is 5.41 Å². The van der Waals surface area contributed by atoms with Gasteiger partial charge < -0.3 is 20.7 Å². The molecule has 20 heavy (non-hydrogen) atoms. The molecular formula is C14H22N4O2. The summed E-state index contributed by atoms with van der Waals surface area (Å²) in [6.07, 6.45) is 0.364. The highest BCUT2D eigenvalue weighted by Gasteiger charge is 2.12. The Bertz CT molecular complexity index is 422. The van der Waals surface area contributed by atoms with Crippen molar-refractivity contribution in [1.82, 2.24) is 10.2 Å². The maximum absolute atomic E-state index is 12.1. The van der Waals surface area contributed by atoms with Crippen LogP contribution in [0.3, 0.4) is 0 Å². The second-order valence-corrected chi connectivity index (χ2v) is 4.40. The van der Waals surface area contributed by atoms with Crippen LogP contribution < -0.4 is 11.1 Å². The molecule has 2 amide bonds. The molecule has 0 bridgehead atoms. The molecule has 0 unspecified atom stereocenters. The van der Waals surface area contributed by atoms with Gasteiger partial charge in [0.1, 0.15) is 0 Å². The molecule has 0 saturated heterocycles. The minimum absolute atomic E-state index is 0.0725. The zero-order valence-electron chi connectivity index (χ0n) is 11.8. The largest absolute Gasteiger partial charge is 0.388 e. The summed E-state index contributed by atoms with van der Waals surface area (Å²) >= 11 is 0. The molecule has 0 aliphatic rings. The molecule has 0 aliphatic heterocycles. The fourth-order valence-electron chi connectivity index (χ4n) is 1.66. The van der Waals surface area contributed by atoms with Gasteiger partial charge in [0.15, 0.2) is 0 Å². The lowest BCUT2D eigenvalue weighted by molar-refractivity contribution is 0.150. The highest BCUT2D eigenvalue weighted by molar-refractivity contribution is 5.78. The Labute approximate surface area is 119 Å². The second kappa shape index (κ2) is 8.92. The van der Waals surface area contributed by atoms with Crippen molar-refractivity contribution in [2.24, 2.45) is 5.73 Å². The first-order chi connectivity index (χ1) is 9.63. The topological polar surface area (TPSA) is 91.4 Å². The number of hydrogen-bond acceptors (Lipinski definition) is 3. The average Bonchev–Trinajstić information content (AvgIpc) is 2.45. The maximum atomic E-state index is 12.1. The SMILES string of the molecule is COCCN(CCC(=N)N)C(=O)NCc1ccccc1. The van der Waals surface area contributed by atoms with E-state index in [9.17, 15) is 4.79 Å². The number of rotatable bonds is 8. The number of carbonyl (C=O) groups excluding carboxylic acids is 1. The number of urea groups is 1. The molecule has 0 fully saturated rings. The standard InChI is InChI=1S/C14H22N4O2/c1-20-10-9-18(8-7-13(15)16)14(19)17-11-12-5-3-2-4-6-12/h2-6H,7-11H2,1H3,(H3,15,16)(H,17,19). The van der Waals surface area contributed by atoms with Crippen LogP contribution in [0.15, 0.2) is 30.3 Å². The fraction of sp³-hybridized carbons (Fsp3) is 0.429. The van der Waals surface area contributed by atoms with Crippen LogP contribution in [0.5, 0.6) is 0 Å². The summed E-state index contributed by atoms with van der Waals surface area (Å²) in [6.45, 7) is 1.82. The maximum Gasteiger partial charge on any atom is 0.317 e. The molecule has 0 radical (unpaired) electrons. The van der Waals surface area contributed by atoms with Crippen molar-refractivity contribution < 1.29 is 9.53 Å². The first-order valence-corrected chi connectivity index (χ1v) is 6.52. The number of hydrogen-bond donors (Lipinski definition) is 3. The molecule has 0 spiro atoms. The first-order valence-electron chi connectivity index (χ1n) is 6.52. The van der Waals surface area contributed by atoms with Crippen molar-refractivity contribution in [1.29, 1.82) is 5.41 Å². The Morgan fingerprint density at radius 2 is 2.05 bits per heavy atom. The van der Waals surface area contributed by atoms with Gasteiger partial charge in [-0.2, -0.15) is 0 Å². The third-order valence-corrected chi connectivity index (χ3v) is 2.79. The number of nitrogens with one attached hydrogen (secondary N) is 2. The van der Waals surface area contributed by atoms with E-state index in [0.717, 1.165) is 5.56 Å². The Kier molecular flexibility index (Phi) is 7.13. The van der Waals surface area contributed by atoms with Crippen molar-refractivity contribution in [3.05, 3.63) is 35.9 Å². The predicted octanol–water partition coefficient (Wildman–Crippen LogP) is 1.17. The minimum atomic E-state index is -0.174. The van der Waals surface area contributed by atoms with Gasteiger partial charge in [-0.05, 0) is 5.56 Å². The molecular weight excluding hydrogens is 256 g/mol. The lowest BCUT2D eigenvalue weighted by atomic mass is 10.2. The minimum Gasteiger partial charge on any atom is -0.388 e. The van der Waals surface area contributed by atoms with Crippen LogP contribution in [0.25, 0.3) is 0 Å². The van der Waals surface area contributed by atoms with E-state index in [1.807, 2.05) is 30.3 Å². The molecule has 0 atom stereocenters. The van der Waals surface area contributed by atoms with Gasteiger partial charge in [0, 0.05) is 33.2 Å². The van der Waals surface area contributed by atoms with Crippen molar-refractivity contribution >= 4 is 11.9 Å². The Morgan fingerprint density at radius 3 is 2.65 bits per heavy atom. The number of amidine groups is 1. The Hall–Kier alpha value is -2.08. The Morgan fingerprint density at radius 1 is 1.35 bits per heavy atom. The first kappa shape index (κ1) is 16.0. The molecule has 6 nitrogen and oxygen atoms in total. The number of methoxy groups -OCH3 is 1. The van der Waals surface area contributed by atoms with Crippen LogP contribution in [0.1, 0.15) is 12.0 Å². The molecule has 0 saturated carbocycles. The van der Waals surface area contributed by atoms with Crippen LogP contribution >= 0.6 is 0 Å². The van der Waals surface area contributed by atoms with Crippen molar-refractivity contribution in [3.63, 3.8) is 0 Å². The summed E-state index contributed by atoms with van der Waals surface area (Å²) in [7, 11) is 1.59. The van der Waals surface area contributed by atoms with E-state index >= 15 is 0 Å². The molecule has 1 aromatic rings. The van der Waals surface area contributed by atoms with Gasteiger partial charge in [-0.15, -0.1) is 0 Å². The second-order valence-electron chi connectivity index (χ2n) is 4.40. The van der Waals surface area contributed by atoms with Crippen molar-refractivity contribution in [2.45, 2.75) is 13.0 Å². The summed E-state index contributed by atoms with van der Waals surface area (Å²) in [5.74, 6) is 0.0725. The third kappa shape index (κ3) is 6.19. The average molecular weight is 278 g/mol. The normalized spacial score (nSPS) is 10.1. The van der Waals surface area contributed by atoms with Gasteiger partial charge in [0.25, 0.3) is 0 Å². The summed E-state index contributed by atoms with van der Waals surface area (Å²) in [5, 5.41) is 10.1. The summed E-state index contributed by atoms with van der Waals surface area (Å²) < 4.78 is 4.99. The lowest BCUT2D eigenvalue weighted by Gasteiger charge is -2.22. The zero-order valence-corrected chi connectivity index (χ0v) is 11.8. The highest BCUT2D eigenvalue weighted by Crippen LogP contribution is 1.99. The number of nitrogens with two attached hydrogens (primary N) is 1. The zero-order chi connectivity index (χ0) is 14.8. The number of carbonyl (C=O) groups is 1. The molecule has 1 rings (SSSR count). The summed E-state index contributed by atoms with van der Waals surface area (Å²) in [4.78, 5) is 13.7. The molecule has 0 aromatic heterocycles. The molecule has 0 heterocycles. The van der Waals surface area contributed by atoms with E-state index in [2.05, 4.69) is 5.32 Å². The van der Waals surface area contributed by atoms with Gasteiger partial charge in [-0.25, -0.2) is 4.79 Å². The van der Waals surface area contributed by atoms with E-state index in [4.69, 9.17) is 15.9 Å². The van der Waals surface area contributed by atoms with Crippen LogP contribution in [0.4, 0.5) is 4.79 Å². The predicted molar refractivity (Wildman–Crippen MR) is 78.7 cm³/mol. The quantitative estimate of drug-likeness (QED) is 0.492. The van der Waals surface area contributed by atoms with E-state index in [1.165, 1.54) is 0 Å². The summed E-state index contributed by atoms with van der Waals surface area (Å²) in [6, 6.07) is 9.53. The van der Waals surface area contributed by atoms with Gasteiger partial charge >= 0.3 is 6.03 Å². The number of amides is 2. The van der Waals surface area contributed by atoms with E-state index in [0.29, 0.717) is 32.7 Å². The van der Waals surface area contributed by atoms with Gasteiger partial charge in [0.2, 0.25) is 0 Å². The van der Waals surface area contributed by atoms with Gasteiger partial charge in [-0.3, -0.25) is 5.41 Å². The lowest BCUT2D eigenvalue weighted by Crippen LogP contribution is -2.42. The molecule has 4 N–H and O–H groups in total. The monoisotopic (exact) mass is 278 g/mol. The van der Waals surface area contributed by atoms with E-state index in [-0.39, 0.29) is 11.9 Å². The van der Waals surface area contributed by atoms with E-state index < -0.39 is 0 Å². The molecule has 1 aromatic carbocycles. The van der Waals surface area contributed by atoms with Crippen LogP contribution in [0.2, 0.25) is 0 Å². The third-order valence-electron chi connectivity index (χ3n) is 2.79. The van der Waals surface area contributed by atoms with E-state index in [1.54, 1.807) is 12.0 Å². The van der Waals surface area contributed by atoms with Crippen LogP contribution in [-0.2, 0) is 11.3 Å². The van der Waals surface area contributed by atoms with Crippen molar-refractivity contribution in [2.75, 3.05) is 26.8 Å². The Balaban J connectivity index is 2.46.